The lowest BCUT2D eigenvalue weighted by molar-refractivity contribution is -0.128. The first kappa shape index (κ1) is 9.26. The molecule has 0 saturated carbocycles. The average Bonchev–Trinajstić information content (AvgIpc) is 2.50. The van der Waals surface area contributed by atoms with Crippen molar-refractivity contribution >= 4 is 28.1 Å². The Kier molecular flexibility index (Phi) is 4.86. The van der Waals surface area contributed by atoms with E-state index in [2.05, 4.69) is 4.74 Å². The largest absolute Gasteiger partial charge is 0.468 e. The van der Waals surface area contributed by atoms with E-state index >= 15 is 0 Å². The van der Waals surface area contributed by atoms with Gasteiger partial charge in [0.15, 0.2) is 0 Å². The molecule has 4 heteroatoms. The Bertz CT molecular complexity index is 113. The average molecular weight is 192 g/mol. The van der Waals surface area contributed by atoms with Crippen LogP contribution in [0.15, 0.2) is 0 Å². The predicted molar refractivity (Wildman–Crippen MR) is 49.7 cm³/mol. The van der Waals surface area contributed by atoms with Crippen molar-refractivity contribution in [1.29, 1.82) is 0 Å². The van der Waals surface area contributed by atoms with E-state index in [1.807, 2.05) is 21.6 Å². The molecule has 1 saturated heterocycles. The lowest BCUT2D eigenvalue weighted by Gasteiger charge is -2.04. The summed E-state index contributed by atoms with van der Waals surface area (Å²) in [6, 6.07) is 0. The van der Waals surface area contributed by atoms with Crippen LogP contribution in [0.2, 0.25) is 0 Å². The number of rotatable bonds is 5. The van der Waals surface area contributed by atoms with E-state index in [0.717, 1.165) is 11.7 Å². The minimum atomic E-state index is 0.524. The molecule has 0 aliphatic carbocycles. The van der Waals surface area contributed by atoms with Gasteiger partial charge in [0, 0.05) is 11.0 Å². The summed E-state index contributed by atoms with van der Waals surface area (Å²) >= 11 is 0. The Balaban J connectivity index is 1.89. The number of carbonyl (C=O) groups is 1. The van der Waals surface area contributed by atoms with Crippen molar-refractivity contribution < 1.29 is 9.53 Å². The zero-order valence-corrected chi connectivity index (χ0v) is 7.96. The first-order valence-electron chi connectivity index (χ1n) is 3.77. The topological polar surface area (TPSA) is 26.3 Å². The van der Waals surface area contributed by atoms with Crippen LogP contribution in [0.25, 0.3) is 0 Å². The van der Waals surface area contributed by atoms with E-state index < -0.39 is 0 Å². The van der Waals surface area contributed by atoms with E-state index in [-0.39, 0.29) is 0 Å². The van der Waals surface area contributed by atoms with Gasteiger partial charge in [0.1, 0.15) is 0 Å². The van der Waals surface area contributed by atoms with Gasteiger partial charge in [0.05, 0.1) is 6.61 Å². The predicted octanol–water partition coefficient (Wildman–Crippen LogP) is 2.09. The Morgan fingerprint density at radius 2 is 2.55 bits per heavy atom. The summed E-state index contributed by atoms with van der Waals surface area (Å²) in [5.74, 6) is 1.28. The van der Waals surface area contributed by atoms with Crippen molar-refractivity contribution in [2.24, 2.45) is 0 Å². The Hall–Kier alpha value is 0.170. The van der Waals surface area contributed by atoms with E-state index in [9.17, 15) is 4.79 Å². The molecule has 0 radical (unpaired) electrons. The van der Waals surface area contributed by atoms with Gasteiger partial charge in [-0.3, -0.25) is 4.79 Å². The summed E-state index contributed by atoms with van der Waals surface area (Å²) in [6.07, 6.45) is 3.51. The zero-order chi connectivity index (χ0) is 7.94. The molecule has 0 aromatic heterocycles. The lowest BCUT2D eigenvalue weighted by Crippen LogP contribution is -2.00. The minimum Gasteiger partial charge on any atom is -0.468 e. The third kappa shape index (κ3) is 3.91. The summed E-state index contributed by atoms with van der Waals surface area (Å²) in [5.41, 5.74) is 0. The molecule has 0 aromatic carbocycles. The van der Waals surface area contributed by atoms with Gasteiger partial charge >= 0.3 is 0 Å². The molecule has 2 nitrogen and oxygen atoms in total. The zero-order valence-electron chi connectivity index (χ0n) is 6.32. The molecule has 0 amide bonds. The fraction of sp³-hybridized carbons (Fsp3) is 0.857. The van der Waals surface area contributed by atoms with Crippen molar-refractivity contribution in [3.8, 4) is 0 Å². The molecule has 0 N–H and O–H groups in total. The van der Waals surface area contributed by atoms with Gasteiger partial charge in [-0.25, -0.2) is 0 Å². The first-order chi connectivity index (χ1) is 5.43. The van der Waals surface area contributed by atoms with E-state index in [1.54, 1.807) is 0 Å². The molecule has 1 fully saturated rings. The van der Waals surface area contributed by atoms with E-state index in [0.29, 0.717) is 13.1 Å². The molecule has 0 aromatic rings. The van der Waals surface area contributed by atoms with Crippen LogP contribution >= 0.6 is 21.6 Å². The third-order valence-electron chi connectivity index (χ3n) is 1.58. The standard InChI is InChI=1S/C7H12O2S2/c8-6-9-4-1-2-7-3-5-10-11-7/h6-7H,1-5H2. The van der Waals surface area contributed by atoms with Gasteiger partial charge in [-0.1, -0.05) is 21.6 Å². The van der Waals surface area contributed by atoms with Crippen LogP contribution in [0, 0.1) is 0 Å². The summed E-state index contributed by atoms with van der Waals surface area (Å²) in [7, 11) is 3.93. The van der Waals surface area contributed by atoms with E-state index in [1.165, 1.54) is 18.6 Å². The highest BCUT2D eigenvalue weighted by Gasteiger charge is 2.15. The summed E-state index contributed by atoms with van der Waals surface area (Å²) < 4.78 is 4.60. The second-order valence-corrected chi connectivity index (χ2v) is 5.23. The highest BCUT2D eigenvalue weighted by molar-refractivity contribution is 8.77. The monoisotopic (exact) mass is 192 g/mol. The molecule has 1 heterocycles. The minimum absolute atomic E-state index is 0.524. The smallest absolute Gasteiger partial charge is 0.293 e. The van der Waals surface area contributed by atoms with Crippen molar-refractivity contribution in [3.63, 3.8) is 0 Å². The van der Waals surface area contributed by atoms with Crippen LogP contribution < -0.4 is 0 Å². The van der Waals surface area contributed by atoms with Gasteiger partial charge in [-0.15, -0.1) is 0 Å². The molecule has 64 valence electrons. The molecular weight excluding hydrogens is 180 g/mol. The molecule has 0 spiro atoms. The van der Waals surface area contributed by atoms with Crippen LogP contribution in [0.3, 0.4) is 0 Å². The van der Waals surface area contributed by atoms with Crippen molar-refractivity contribution in [2.75, 3.05) is 12.4 Å². The van der Waals surface area contributed by atoms with E-state index in [4.69, 9.17) is 0 Å². The van der Waals surface area contributed by atoms with Crippen LogP contribution in [-0.2, 0) is 9.53 Å². The molecule has 1 aliphatic rings. The van der Waals surface area contributed by atoms with Gasteiger partial charge in [0.25, 0.3) is 6.47 Å². The van der Waals surface area contributed by atoms with Gasteiger partial charge in [-0.2, -0.15) is 0 Å². The van der Waals surface area contributed by atoms with Gasteiger partial charge < -0.3 is 4.74 Å². The van der Waals surface area contributed by atoms with Crippen LogP contribution in [0.4, 0.5) is 0 Å². The van der Waals surface area contributed by atoms with Crippen molar-refractivity contribution in [3.05, 3.63) is 0 Å². The van der Waals surface area contributed by atoms with Gasteiger partial charge in [0.2, 0.25) is 0 Å². The molecular formula is C7H12O2S2. The number of hydrogen-bond donors (Lipinski definition) is 0. The Morgan fingerprint density at radius 3 is 3.18 bits per heavy atom. The summed E-state index contributed by atoms with van der Waals surface area (Å²) in [4.78, 5) is 9.77. The fourth-order valence-corrected chi connectivity index (χ4v) is 4.03. The van der Waals surface area contributed by atoms with Crippen LogP contribution in [0.5, 0.6) is 0 Å². The molecule has 0 bridgehead atoms. The third-order valence-corrected chi connectivity index (χ3v) is 4.59. The van der Waals surface area contributed by atoms with Crippen molar-refractivity contribution in [1.82, 2.24) is 0 Å². The second kappa shape index (κ2) is 5.77. The first-order valence-corrected chi connectivity index (χ1v) is 6.15. The normalized spacial score (nSPS) is 23.5. The maximum absolute atomic E-state index is 9.77. The maximum Gasteiger partial charge on any atom is 0.293 e. The van der Waals surface area contributed by atoms with Crippen molar-refractivity contribution in [2.45, 2.75) is 24.5 Å². The highest BCUT2D eigenvalue weighted by atomic mass is 33.1. The molecule has 1 rings (SSSR count). The second-order valence-electron chi connectivity index (χ2n) is 2.44. The summed E-state index contributed by atoms with van der Waals surface area (Å²) in [6.45, 7) is 1.11. The molecule has 11 heavy (non-hydrogen) atoms. The molecule has 1 atom stereocenters. The Labute approximate surface area is 74.8 Å². The number of hydrogen-bond acceptors (Lipinski definition) is 4. The maximum atomic E-state index is 9.77. The van der Waals surface area contributed by atoms with Crippen LogP contribution in [0.1, 0.15) is 19.3 Å². The molecule has 1 unspecified atom stereocenters. The fourth-order valence-electron chi connectivity index (χ4n) is 1.01. The van der Waals surface area contributed by atoms with Gasteiger partial charge in [-0.05, 0) is 19.3 Å². The molecule has 1 aliphatic heterocycles. The summed E-state index contributed by atoms with van der Waals surface area (Å²) in [5, 5.41) is 0.801. The SMILES string of the molecule is O=COCCCC1CCSS1. The lowest BCUT2D eigenvalue weighted by atomic mass is 10.2. The quantitative estimate of drug-likeness (QED) is 0.378. The number of carbonyl (C=O) groups excluding carboxylic acids is 1. The van der Waals surface area contributed by atoms with Crippen LogP contribution in [-0.4, -0.2) is 24.1 Å². The Morgan fingerprint density at radius 1 is 1.64 bits per heavy atom. The highest BCUT2D eigenvalue weighted by Crippen LogP contribution is 2.39. The number of ether oxygens (including phenoxy) is 1.